The Morgan fingerprint density at radius 1 is 1.44 bits per heavy atom. The molecule has 3 nitrogen and oxygen atoms in total. The summed E-state index contributed by atoms with van der Waals surface area (Å²) in [5, 5.41) is 9.74. The number of rotatable bonds is 6. The highest BCUT2D eigenvalue weighted by atomic mass is 16.3. The van der Waals surface area contributed by atoms with E-state index in [1.54, 1.807) is 0 Å². The van der Waals surface area contributed by atoms with Crippen LogP contribution in [0, 0.1) is 6.92 Å². The van der Waals surface area contributed by atoms with Crippen molar-refractivity contribution in [3.05, 3.63) is 29.6 Å². The van der Waals surface area contributed by atoms with Gasteiger partial charge < -0.3 is 10.0 Å². The molecule has 1 unspecified atom stereocenters. The minimum Gasteiger partial charge on any atom is -0.390 e. The van der Waals surface area contributed by atoms with E-state index >= 15 is 0 Å². The fourth-order valence-corrected chi connectivity index (χ4v) is 1.84. The van der Waals surface area contributed by atoms with Crippen molar-refractivity contribution >= 4 is 0 Å². The molecule has 1 aromatic rings. The van der Waals surface area contributed by atoms with Crippen molar-refractivity contribution in [2.24, 2.45) is 0 Å². The molecule has 1 rings (SSSR count). The molecule has 102 valence electrons. The molecule has 1 heterocycles. The van der Waals surface area contributed by atoms with Crippen LogP contribution in [0.2, 0.25) is 0 Å². The molecule has 1 atom stereocenters. The van der Waals surface area contributed by atoms with Gasteiger partial charge in [0.05, 0.1) is 5.60 Å². The average Bonchev–Trinajstić information content (AvgIpc) is 2.28. The summed E-state index contributed by atoms with van der Waals surface area (Å²) in [4.78, 5) is 6.72. The van der Waals surface area contributed by atoms with Gasteiger partial charge in [-0.05, 0) is 52.8 Å². The standard InChI is InChI=1S/C15H26N2O/c1-12-7-6-9-16-14(12)11-13(2)17(5)10-8-15(3,4)18/h6-7,9,13,18H,8,10-11H2,1-5H3. The first-order valence-corrected chi connectivity index (χ1v) is 6.63. The van der Waals surface area contributed by atoms with Crippen LogP contribution >= 0.6 is 0 Å². The molecule has 0 aliphatic rings. The van der Waals surface area contributed by atoms with E-state index in [-0.39, 0.29) is 0 Å². The van der Waals surface area contributed by atoms with Crippen molar-refractivity contribution in [2.75, 3.05) is 13.6 Å². The summed E-state index contributed by atoms with van der Waals surface area (Å²) in [7, 11) is 2.11. The molecule has 0 bridgehead atoms. The maximum Gasteiger partial charge on any atom is 0.0603 e. The largest absolute Gasteiger partial charge is 0.390 e. The molecule has 0 aliphatic carbocycles. The SMILES string of the molecule is Cc1cccnc1CC(C)N(C)CCC(C)(C)O. The molecule has 0 amide bonds. The summed E-state index contributed by atoms with van der Waals surface area (Å²) in [6.45, 7) is 8.92. The molecule has 0 aliphatic heterocycles. The number of aliphatic hydroxyl groups is 1. The molecule has 0 saturated heterocycles. The van der Waals surface area contributed by atoms with Gasteiger partial charge in [-0.15, -0.1) is 0 Å². The van der Waals surface area contributed by atoms with E-state index in [1.165, 1.54) is 11.3 Å². The maximum atomic E-state index is 9.74. The van der Waals surface area contributed by atoms with Crippen molar-refractivity contribution in [3.8, 4) is 0 Å². The second-order valence-electron chi connectivity index (χ2n) is 5.86. The summed E-state index contributed by atoms with van der Waals surface area (Å²) in [6, 6.07) is 4.51. The second kappa shape index (κ2) is 6.30. The van der Waals surface area contributed by atoms with Gasteiger partial charge in [0.2, 0.25) is 0 Å². The Morgan fingerprint density at radius 2 is 2.11 bits per heavy atom. The van der Waals surface area contributed by atoms with E-state index in [9.17, 15) is 5.11 Å². The first kappa shape index (κ1) is 15.1. The van der Waals surface area contributed by atoms with E-state index in [1.807, 2.05) is 26.1 Å². The molecular formula is C15H26N2O. The predicted molar refractivity (Wildman–Crippen MR) is 75.7 cm³/mol. The number of pyridine rings is 1. The number of aromatic nitrogens is 1. The van der Waals surface area contributed by atoms with E-state index < -0.39 is 5.60 Å². The molecule has 0 saturated carbocycles. The Hall–Kier alpha value is -0.930. The topological polar surface area (TPSA) is 36.4 Å². The maximum absolute atomic E-state index is 9.74. The summed E-state index contributed by atoms with van der Waals surface area (Å²) < 4.78 is 0. The van der Waals surface area contributed by atoms with Gasteiger partial charge in [-0.25, -0.2) is 0 Å². The fourth-order valence-electron chi connectivity index (χ4n) is 1.84. The van der Waals surface area contributed by atoms with Crippen LogP contribution in [-0.2, 0) is 6.42 Å². The summed E-state index contributed by atoms with van der Waals surface area (Å²) in [5.74, 6) is 0. The third-order valence-corrected chi connectivity index (χ3v) is 3.44. The average molecular weight is 250 g/mol. The zero-order valence-electron chi connectivity index (χ0n) is 12.3. The van der Waals surface area contributed by atoms with Gasteiger partial charge >= 0.3 is 0 Å². The van der Waals surface area contributed by atoms with Crippen molar-refractivity contribution in [2.45, 2.75) is 52.2 Å². The lowest BCUT2D eigenvalue weighted by molar-refractivity contribution is 0.0565. The van der Waals surface area contributed by atoms with Crippen LogP contribution in [0.4, 0.5) is 0 Å². The summed E-state index contributed by atoms with van der Waals surface area (Å²) in [5.41, 5.74) is 1.83. The Kier molecular flexibility index (Phi) is 5.29. The first-order valence-electron chi connectivity index (χ1n) is 6.63. The highest BCUT2D eigenvalue weighted by molar-refractivity contribution is 5.18. The van der Waals surface area contributed by atoms with Crippen molar-refractivity contribution < 1.29 is 5.11 Å². The highest BCUT2D eigenvalue weighted by Gasteiger charge is 2.17. The molecule has 0 fully saturated rings. The minimum atomic E-state index is -0.588. The fraction of sp³-hybridized carbons (Fsp3) is 0.667. The zero-order valence-corrected chi connectivity index (χ0v) is 12.3. The smallest absolute Gasteiger partial charge is 0.0603 e. The quantitative estimate of drug-likeness (QED) is 0.842. The van der Waals surface area contributed by atoms with E-state index in [4.69, 9.17) is 0 Å². The van der Waals surface area contributed by atoms with Crippen LogP contribution in [0.5, 0.6) is 0 Å². The van der Waals surface area contributed by atoms with Crippen LogP contribution < -0.4 is 0 Å². The molecule has 0 aromatic carbocycles. The van der Waals surface area contributed by atoms with Crippen LogP contribution in [0.15, 0.2) is 18.3 Å². The lowest BCUT2D eigenvalue weighted by atomic mass is 10.0. The third-order valence-electron chi connectivity index (χ3n) is 3.44. The van der Waals surface area contributed by atoms with Crippen LogP contribution in [0.1, 0.15) is 38.4 Å². The van der Waals surface area contributed by atoms with Crippen LogP contribution in [0.25, 0.3) is 0 Å². The Bertz CT molecular complexity index is 371. The van der Waals surface area contributed by atoms with Gasteiger partial charge in [-0.2, -0.15) is 0 Å². The van der Waals surface area contributed by atoms with Crippen molar-refractivity contribution in [1.82, 2.24) is 9.88 Å². The normalized spacial score (nSPS) is 13.9. The van der Waals surface area contributed by atoms with E-state index in [0.29, 0.717) is 6.04 Å². The lowest BCUT2D eigenvalue weighted by Gasteiger charge is -2.27. The number of hydrogen-bond acceptors (Lipinski definition) is 3. The van der Waals surface area contributed by atoms with Crippen LogP contribution in [-0.4, -0.2) is 40.2 Å². The summed E-state index contributed by atoms with van der Waals surface area (Å²) >= 11 is 0. The van der Waals surface area contributed by atoms with Gasteiger partial charge in [0, 0.05) is 30.9 Å². The Morgan fingerprint density at radius 3 is 2.67 bits per heavy atom. The Balaban J connectivity index is 2.50. The number of likely N-dealkylation sites (N-methyl/N-ethyl adjacent to an activating group) is 1. The molecule has 18 heavy (non-hydrogen) atoms. The van der Waals surface area contributed by atoms with Gasteiger partial charge in [-0.3, -0.25) is 4.98 Å². The van der Waals surface area contributed by atoms with Crippen molar-refractivity contribution in [1.29, 1.82) is 0 Å². The number of nitrogens with zero attached hydrogens (tertiary/aromatic N) is 2. The molecule has 1 aromatic heterocycles. The van der Waals surface area contributed by atoms with Gasteiger partial charge in [0.25, 0.3) is 0 Å². The van der Waals surface area contributed by atoms with Crippen LogP contribution in [0.3, 0.4) is 0 Å². The molecule has 0 radical (unpaired) electrons. The predicted octanol–water partition coefficient (Wildman–Crippen LogP) is 2.41. The third kappa shape index (κ3) is 5.15. The van der Waals surface area contributed by atoms with Gasteiger partial charge in [0.15, 0.2) is 0 Å². The monoisotopic (exact) mass is 250 g/mol. The molecule has 0 spiro atoms. The number of aryl methyl sites for hydroxylation is 1. The number of hydrogen-bond donors (Lipinski definition) is 1. The summed E-state index contributed by atoms with van der Waals surface area (Å²) in [6.07, 6.45) is 3.59. The molecule has 1 N–H and O–H groups in total. The second-order valence-corrected chi connectivity index (χ2v) is 5.86. The zero-order chi connectivity index (χ0) is 13.8. The Labute approximate surface area is 111 Å². The van der Waals surface area contributed by atoms with Gasteiger partial charge in [0.1, 0.15) is 0 Å². The molecular weight excluding hydrogens is 224 g/mol. The van der Waals surface area contributed by atoms with Gasteiger partial charge in [-0.1, -0.05) is 6.07 Å². The minimum absolute atomic E-state index is 0.431. The van der Waals surface area contributed by atoms with Crippen molar-refractivity contribution in [3.63, 3.8) is 0 Å². The van der Waals surface area contributed by atoms with E-state index in [2.05, 4.69) is 36.8 Å². The highest BCUT2D eigenvalue weighted by Crippen LogP contribution is 2.12. The van der Waals surface area contributed by atoms with E-state index in [0.717, 1.165) is 19.4 Å². The first-order chi connectivity index (χ1) is 8.29. The lowest BCUT2D eigenvalue weighted by Crippen LogP contribution is -2.35. The molecule has 3 heteroatoms.